The minimum atomic E-state index is -0.274. The summed E-state index contributed by atoms with van der Waals surface area (Å²) in [7, 11) is 0. The van der Waals surface area contributed by atoms with E-state index in [1.807, 2.05) is 24.3 Å². The van der Waals surface area contributed by atoms with Crippen molar-refractivity contribution in [1.82, 2.24) is 19.9 Å². The van der Waals surface area contributed by atoms with E-state index >= 15 is 0 Å². The van der Waals surface area contributed by atoms with E-state index in [0.29, 0.717) is 24.7 Å². The van der Waals surface area contributed by atoms with Crippen LogP contribution in [0.1, 0.15) is 48.7 Å². The van der Waals surface area contributed by atoms with Gasteiger partial charge < -0.3 is 9.64 Å². The molecule has 1 aliphatic heterocycles. The number of nitrogens with zero attached hydrogens (tertiary/aromatic N) is 4. The largest absolute Gasteiger partial charge is 0.466 e. The fourth-order valence-corrected chi connectivity index (χ4v) is 3.51. The summed E-state index contributed by atoms with van der Waals surface area (Å²) >= 11 is 6.18. The Kier molecular flexibility index (Phi) is 6.45. The van der Waals surface area contributed by atoms with Gasteiger partial charge in [0.1, 0.15) is 0 Å². The molecule has 2 heterocycles. The summed E-state index contributed by atoms with van der Waals surface area (Å²) in [5, 5.41) is 8.73. The maximum atomic E-state index is 12.9. The molecule has 8 heteroatoms. The van der Waals surface area contributed by atoms with Crippen LogP contribution in [0.2, 0.25) is 5.02 Å². The molecule has 0 aliphatic carbocycles. The average Bonchev–Trinajstić information content (AvgIpc) is 3.12. The summed E-state index contributed by atoms with van der Waals surface area (Å²) in [5.74, 6) is -0.473. The van der Waals surface area contributed by atoms with E-state index in [0.717, 1.165) is 24.8 Å². The Labute approximate surface area is 163 Å². The highest BCUT2D eigenvalue weighted by atomic mass is 35.5. The number of carbonyl (C=O) groups excluding carboxylic acids is 2. The maximum absolute atomic E-state index is 12.9. The Hall–Kier alpha value is -2.41. The van der Waals surface area contributed by atoms with Gasteiger partial charge >= 0.3 is 5.97 Å². The number of esters is 1. The molecule has 144 valence electrons. The molecule has 0 radical (unpaired) electrons. The quantitative estimate of drug-likeness (QED) is 0.709. The first-order valence-electron chi connectivity index (χ1n) is 9.18. The van der Waals surface area contributed by atoms with Crippen LogP contribution in [-0.4, -0.2) is 51.0 Å². The van der Waals surface area contributed by atoms with Gasteiger partial charge in [-0.1, -0.05) is 35.0 Å². The Balaban J connectivity index is 1.70. The SMILES string of the molecule is CCOC(=O)CC1CCCCN1C(=O)c1cn(Cc2ccccc2Cl)nn1. The molecular weight excluding hydrogens is 368 g/mol. The zero-order valence-corrected chi connectivity index (χ0v) is 16.1. The topological polar surface area (TPSA) is 77.3 Å². The standard InChI is InChI=1S/C19H23ClN4O3/c1-2-27-18(25)11-15-8-5-6-10-24(15)19(26)17-13-23(22-21-17)12-14-7-3-4-9-16(14)20/h3-4,7,9,13,15H,2,5-6,8,10-12H2,1H3. The molecule has 1 aromatic heterocycles. The zero-order chi connectivity index (χ0) is 19.2. The first kappa shape index (κ1) is 19.4. The predicted molar refractivity (Wildman–Crippen MR) is 101 cm³/mol. The summed E-state index contributed by atoms with van der Waals surface area (Å²) in [4.78, 5) is 26.5. The lowest BCUT2D eigenvalue weighted by Crippen LogP contribution is -2.45. The Morgan fingerprint density at radius 1 is 1.30 bits per heavy atom. The Bertz CT molecular complexity index is 808. The van der Waals surface area contributed by atoms with Crippen LogP contribution in [0.3, 0.4) is 0 Å². The smallest absolute Gasteiger partial charge is 0.307 e. The number of ether oxygens (including phenoxy) is 1. The summed E-state index contributed by atoms with van der Waals surface area (Å²) in [5.41, 5.74) is 1.18. The fourth-order valence-electron chi connectivity index (χ4n) is 3.31. The van der Waals surface area contributed by atoms with Crippen molar-refractivity contribution < 1.29 is 14.3 Å². The van der Waals surface area contributed by atoms with Gasteiger partial charge in [0.25, 0.3) is 5.91 Å². The molecule has 1 amide bonds. The zero-order valence-electron chi connectivity index (χ0n) is 15.3. The Morgan fingerprint density at radius 2 is 2.11 bits per heavy atom. The van der Waals surface area contributed by atoms with Gasteiger partial charge in [0.05, 0.1) is 25.8 Å². The summed E-state index contributed by atoms with van der Waals surface area (Å²) in [6, 6.07) is 7.33. The molecule has 3 rings (SSSR count). The lowest BCUT2D eigenvalue weighted by Gasteiger charge is -2.34. The van der Waals surface area contributed by atoms with E-state index in [2.05, 4.69) is 10.3 Å². The lowest BCUT2D eigenvalue weighted by molar-refractivity contribution is -0.144. The molecule has 27 heavy (non-hydrogen) atoms. The summed E-state index contributed by atoms with van der Waals surface area (Å²) < 4.78 is 6.63. The second kappa shape index (κ2) is 8.99. The van der Waals surface area contributed by atoms with Gasteiger partial charge in [-0.25, -0.2) is 4.68 Å². The molecule has 1 saturated heterocycles. The van der Waals surface area contributed by atoms with E-state index in [1.165, 1.54) is 0 Å². The molecule has 1 fully saturated rings. The minimum Gasteiger partial charge on any atom is -0.466 e. The van der Waals surface area contributed by atoms with Crippen LogP contribution < -0.4 is 0 Å². The number of halogens is 1. The van der Waals surface area contributed by atoms with Crippen LogP contribution in [0.4, 0.5) is 0 Å². The normalized spacial score (nSPS) is 17.0. The minimum absolute atomic E-state index is 0.154. The first-order valence-corrected chi connectivity index (χ1v) is 9.56. The molecule has 2 aromatic rings. The van der Waals surface area contributed by atoms with E-state index in [1.54, 1.807) is 22.7 Å². The van der Waals surface area contributed by atoms with Crippen molar-refractivity contribution in [3.8, 4) is 0 Å². The van der Waals surface area contributed by atoms with Gasteiger partial charge in [-0.2, -0.15) is 0 Å². The van der Waals surface area contributed by atoms with Crippen LogP contribution in [0.25, 0.3) is 0 Å². The van der Waals surface area contributed by atoms with Crippen molar-refractivity contribution in [2.45, 2.75) is 45.2 Å². The Morgan fingerprint density at radius 3 is 2.89 bits per heavy atom. The van der Waals surface area contributed by atoms with Crippen molar-refractivity contribution >= 4 is 23.5 Å². The highest BCUT2D eigenvalue weighted by Crippen LogP contribution is 2.22. The molecule has 1 unspecified atom stereocenters. The molecule has 0 saturated carbocycles. The molecule has 1 aliphatic rings. The maximum Gasteiger partial charge on any atom is 0.307 e. The van der Waals surface area contributed by atoms with Crippen LogP contribution in [0.5, 0.6) is 0 Å². The van der Waals surface area contributed by atoms with Gasteiger partial charge in [0, 0.05) is 17.6 Å². The molecular formula is C19H23ClN4O3. The van der Waals surface area contributed by atoms with Crippen molar-refractivity contribution in [1.29, 1.82) is 0 Å². The van der Waals surface area contributed by atoms with Gasteiger partial charge in [0.2, 0.25) is 0 Å². The monoisotopic (exact) mass is 390 g/mol. The number of carbonyl (C=O) groups is 2. The van der Waals surface area contributed by atoms with Gasteiger partial charge in [-0.3, -0.25) is 9.59 Å². The van der Waals surface area contributed by atoms with Gasteiger partial charge in [-0.05, 0) is 37.8 Å². The predicted octanol–water partition coefficient (Wildman–Crippen LogP) is 2.93. The summed E-state index contributed by atoms with van der Waals surface area (Å²) in [6.45, 7) is 3.17. The number of hydrogen-bond acceptors (Lipinski definition) is 5. The van der Waals surface area contributed by atoms with Crippen LogP contribution in [0, 0.1) is 0 Å². The van der Waals surface area contributed by atoms with Crippen LogP contribution in [0.15, 0.2) is 30.5 Å². The number of benzene rings is 1. The third kappa shape index (κ3) is 4.86. The van der Waals surface area contributed by atoms with E-state index < -0.39 is 0 Å². The molecule has 0 spiro atoms. The fraction of sp³-hybridized carbons (Fsp3) is 0.474. The second-order valence-electron chi connectivity index (χ2n) is 6.55. The molecule has 0 N–H and O–H groups in total. The van der Waals surface area contributed by atoms with E-state index in [4.69, 9.17) is 16.3 Å². The van der Waals surface area contributed by atoms with Crippen molar-refractivity contribution in [2.24, 2.45) is 0 Å². The number of aromatic nitrogens is 3. The van der Waals surface area contributed by atoms with E-state index in [-0.39, 0.29) is 30.0 Å². The van der Waals surface area contributed by atoms with E-state index in [9.17, 15) is 9.59 Å². The first-order chi connectivity index (χ1) is 13.1. The van der Waals surface area contributed by atoms with Crippen molar-refractivity contribution in [3.05, 3.63) is 46.7 Å². The molecule has 1 atom stereocenters. The highest BCUT2D eigenvalue weighted by Gasteiger charge is 2.31. The highest BCUT2D eigenvalue weighted by molar-refractivity contribution is 6.31. The van der Waals surface area contributed by atoms with Gasteiger partial charge in [-0.15, -0.1) is 5.10 Å². The summed E-state index contributed by atoms with van der Waals surface area (Å²) in [6.07, 6.45) is 4.54. The molecule has 1 aromatic carbocycles. The number of piperidine rings is 1. The average molecular weight is 391 g/mol. The van der Waals surface area contributed by atoms with Crippen LogP contribution >= 0.6 is 11.6 Å². The third-order valence-electron chi connectivity index (χ3n) is 4.64. The van der Waals surface area contributed by atoms with Crippen molar-refractivity contribution in [2.75, 3.05) is 13.2 Å². The second-order valence-corrected chi connectivity index (χ2v) is 6.96. The molecule has 0 bridgehead atoms. The number of hydrogen-bond donors (Lipinski definition) is 0. The number of amides is 1. The van der Waals surface area contributed by atoms with Crippen LogP contribution in [-0.2, 0) is 16.1 Å². The lowest BCUT2D eigenvalue weighted by atomic mass is 9.99. The van der Waals surface area contributed by atoms with Crippen molar-refractivity contribution in [3.63, 3.8) is 0 Å². The number of likely N-dealkylation sites (tertiary alicyclic amines) is 1. The van der Waals surface area contributed by atoms with Gasteiger partial charge in [0.15, 0.2) is 5.69 Å². The molecule has 7 nitrogen and oxygen atoms in total. The number of rotatable bonds is 6. The third-order valence-corrected chi connectivity index (χ3v) is 5.01.